The summed E-state index contributed by atoms with van der Waals surface area (Å²) in [6.45, 7) is -0.163. The zero-order valence-corrected chi connectivity index (χ0v) is 14.4. The van der Waals surface area contributed by atoms with Crippen LogP contribution in [0.4, 0.5) is 5.13 Å². The highest BCUT2D eigenvalue weighted by Gasteiger charge is 2.11. The summed E-state index contributed by atoms with van der Waals surface area (Å²) in [6, 6.07) is 16.9. The van der Waals surface area contributed by atoms with Gasteiger partial charge < -0.3 is 5.32 Å². The second-order valence-corrected chi connectivity index (χ2v) is 6.50. The highest BCUT2D eigenvalue weighted by molar-refractivity contribution is 7.14. The number of carbonyl (C=O) groups is 1. The van der Waals surface area contributed by atoms with Crippen molar-refractivity contribution in [2.75, 3.05) is 5.32 Å². The van der Waals surface area contributed by atoms with Crippen LogP contribution in [0.15, 0.2) is 71.0 Å². The highest BCUT2D eigenvalue weighted by atomic mass is 32.1. The normalized spacial score (nSPS) is 10.8. The molecule has 2 heterocycles. The van der Waals surface area contributed by atoms with Crippen molar-refractivity contribution in [3.05, 3.63) is 76.5 Å². The fourth-order valence-electron chi connectivity index (χ4n) is 2.61. The molecule has 0 spiro atoms. The van der Waals surface area contributed by atoms with Gasteiger partial charge in [-0.25, -0.2) is 9.67 Å². The summed E-state index contributed by atoms with van der Waals surface area (Å²) in [5, 5.41) is 10.5. The lowest BCUT2D eigenvalue weighted by molar-refractivity contribution is -0.117. The molecule has 2 aromatic heterocycles. The molecular formula is C19H14N4O2S. The summed E-state index contributed by atoms with van der Waals surface area (Å²) in [5.74, 6) is -0.344. The summed E-state index contributed by atoms with van der Waals surface area (Å²) >= 11 is 1.34. The minimum atomic E-state index is -0.344. The molecule has 0 aliphatic heterocycles. The maximum Gasteiger partial charge on any atom is 0.275 e. The van der Waals surface area contributed by atoms with Gasteiger partial charge in [-0.3, -0.25) is 9.59 Å². The average Bonchev–Trinajstić information content (AvgIpc) is 3.13. The van der Waals surface area contributed by atoms with Crippen LogP contribution < -0.4 is 10.9 Å². The summed E-state index contributed by atoms with van der Waals surface area (Å²) in [7, 11) is 0. The molecular weight excluding hydrogens is 348 g/mol. The molecule has 26 heavy (non-hydrogen) atoms. The standard InChI is InChI=1S/C19H14N4O2S/c24-17(11-23-18(25)15-9-5-4-8-14(15)10-20-23)22-19-21-16(12-26-19)13-6-2-1-3-7-13/h1-10,12H,11H2,(H,21,22,24). The number of anilines is 1. The maximum atomic E-state index is 12.4. The Morgan fingerprint density at radius 2 is 1.85 bits per heavy atom. The molecule has 1 amide bonds. The lowest BCUT2D eigenvalue weighted by Gasteiger charge is -2.05. The van der Waals surface area contributed by atoms with Crippen molar-refractivity contribution in [1.82, 2.24) is 14.8 Å². The Morgan fingerprint density at radius 1 is 1.08 bits per heavy atom. The van der Waals surface area contributed by atoms with E-state index < -0.39 is 0 Å². The number of hydrogen-bond acceptors (Lipinski definition) is 5. The first-order valence-corrected chi connectivity index (χ1v) is 8.84. The molecule has 0 aliphatic carbocycles. The van der Waals surface area contributed by atoms with E-state index in [0.717, 1.165) is 21.3 Å². The first kappa shape index (κ1) is 16.2. The van der Waals surface area contributed by atoms with Crippen molar-refractivity contribution in [3.63, 3.8) is 0 Å². The van der Waals surface area contributed by atoms with E-state index >= 15 is 0 Å². The minimum Gasteiger partial charge on any atom is -0.300 e. The van der Waals surface area contributed by atoms with Gasteiger partial charge in [-0.05, 0) is 6.07 Å². The monoisotopic (exact) mass is 362 g/mol. The van der Waals surface area contributed by atoms with Gasteiger partial charge in [-0.1, -0.05) is 48.5 Å². The molecule has 0 saturated carbocycles. The number of rotatable bonds is 4. The molecule has 6 nitrogen and oxygen atoms in total. The van der Waals surface area contributed by atoms with E-state index in [1.807, 2.05) is 47.8 Å². The van der Waals surface area contributed by atoms with Crippen LogP contribution in [0.3, 0.4) is 0 Å². The Labute approximate surface area is 152 Å². The van der Waals surface area contributed by atoms with Gasteiger partial charge >= 0.3 is 0 Å². The first-order chi connectivity index (χ1) is 12.7. The summed E-state index contributed by atoms with van der Waals surface area (Å²) in [4.78, 5) is 29.1. The van der Waals surface area contributed by atoms with Crippen LogP contribution in [-0.2, 0) is 11.3 Å². The average molecular weight is 362 g/mol. The van der Waals surface area contributed by atoms with Crippen LogP contribution in [0.1, 0.15) is 0 Å². The van der Waals surface area contributed by atoms with Crippen LogP contribution in [0, 0.1) is 0 Å². The molecule has 0 atom stereocenters. The molecule has 2 aromatic carbocycles. The fraction of sp³-hybridized carbons (Fsp3) is 0.0526. The van der Waals surface area contributed by atoms with Gasteiger partial charge in [0.2, 0.25) is 5.91 Å². The van der Waals surface area contributed by atoms with E-state index in [0.29, 0.717) is 10.5 Å². The SMILES string of the molecule is O=C(Cn1ncc2ccccc2c1=O)Nc1nc(-c2ccccc2)cs1. The number of benzene rings is 2. The van der Waals surface area contributed by atoms with Gasteiger partial charge in [0, 0.05) is 16.3 Å². The van der Waals surface area contributed by atoms with Crippen LogP contribution >= 0.6 is 11.3 Å². The largest absolute Gasteiger partial charge is 0.300 e. The number of nitrogens with one attached hydrogen (secondary N) is 1. The van der Waals surface area contributed by atoms with E-state index in [1.54, 1.807) is 18.3 Å². The number of fused-ring (bicyclic) bond motifs is 1. The summed E-state index contributed by atoms with van der Waals surface area (Å²) < 4.78 is 1.16. The lowest BCUT2D eigenvalue weighted by Crippen LogP contribution is -2.29. The lowest BCUT2D eigenvalue weighted by atomic mass is 10.2. The molecule has 0 saturated heterocycles. The van der Waals surface area contributed by atoms with E-state index in [2.05, 4.69) is 15.4 Å². The van der Waals surface area contributed by atoms with Crippen LogP contribution in [0.2, 0.25) is 0 Å². The number of thiazole rings is 1. The van der Waals surface area contributed by atoms with Crippen molar-refractivity contribution in [2.45, 2.75) is 6.54 Å². The van der Waals surface area contributed by atoms with Crippen LogP contribution in [-0.4, -0.2) is 20.7 Å². The second-order valence-electron chi connectivity index (χ2n) is 5.65. The van der Waals surface area contributed by atoms with E-state index in [-0.39, 0.29) is 18.0 Å². The molecule has 0 radical (unpaired) electrons. The predicted molar refractivity (Wildman–Crippen MR) is 102 cm³/mol. The zero-order chi connectivity index (χ0) is 17.9. The summed E-state index contributed by atoms with van der Waals surface area (Å²) in [6.07, 6.45) is 1.58. The maximum absolute atomic E-state index is 12.4. The van der Waals surface area contributed by atoms with Crippen molar-refractivity contribution < 1.29 is 4.79 Å². The fourth-order valence-corrected chi connectivity index (χ4v) is 3.34. The van der Waals surface area contributed by atoms with Gasteiger partial charge in [0.1, 0.15) is 6.54 Å². The quantitative estimate of drug-likeness (QED) is 0.605. The molecule has 128 valence electrons. The minimum absolute atomic E-state index is 0.163. The molecule has 0 aliphatic rings. The van der Waals surface area contributed by atoms with Crippen molar-refractivity contribution in [3.8, 4) is 11.3 Å². The van der Waals surface area contributed by atoms with Crippen molar-refractivity contribution in [2.24, 2.45) is 0 Å². The highest BCUT2D eigenvalue weighted by Crippen LogP contribution is 2.24. The third kappa shape index (κ3) is 3.25. The van der Waals surface area contributed by atoms with Gasteiger partial charge in [0.15, 0.2) is 5.13 Å². The topological polar surface area (TPSA) is 76.9 Å². The Balaban J connectivity index is 1.51. The molecule has 7 heteroatoms. The van der Waals surface area contributed by atoms with Crippen molar-refractivity contribution >= 4 is 33.1 Å². The summed E-state index contributed by atoms with van der Waals surface area (Å²) in [5.41, 5.74) is 1.49. The smallest absolute Gasteiger partial charge is 0.275 e. The van der Waals surface area contributed by atoms with E-state index in [9.17, 15) is 9.59 Å². The molecule has 0 bridgehead atoms. The van der Waals surface area contributed by atoms with Gasteiger partial charge in [0.25, 0.3) is 5.56 Å². The molecule has 4 rings (SSSR count). The van der Waals surface area contributed by atoms with E-state index in [1.165, 1.54) is 11.3 Å². The van der Waals surface area contributed by atoms with Crippen LogP contribution in [0.5, 0.6) is 0 Å². The number of carbonyl (C=O) groups excluding carboxylic acids is 1. The second kappa shape index (κ2) is 6.89. The van der Waals surface area contributed by atoms with Gasteiger partial charge in [0.05, 0.1) is 17.3 Å². The van der Waals surface area contributed by atoms with Gasteiger partial charge in [-0.2, -0.15) is 5.10 Å². The third-order valence-electron chi connectivity index (χ3n) is 3.88. The molecule has 1 N–H and O–H groups in total. The Kier molecular flexibility index (Phi) is 4.28. The third-order valence-corrected chi connectivity index (χ3v) is 4.63. The number of nitrogens with zero attached hydrogens (tertiary/aromatic N) is 3. The number of aromatic nitrogens is 3. The Bertz CT molecular complexity index is 1130. The first-order valence-electron chi connectivity index (χ1n) is 7.96. The van der Waals surface area contributed by atoms with E-state index in [4.69, 9.17) is 0 Å². The Morgan fingerprint density at radius 3 is 2.69 bits per heavy atom. The van der Waals surface area contributed by atoms with Gasteiger partial charge in [-0.15, -0.1) is 11.3 Å². The van der Waals surface area contributed by atoms with Crippen molar-refractivity contribution in [1.29, 1.82) is 0 Å². The predicted octanol–water partition coefficient (Wildman–Crippen LogP) is 3.16. The zero-order valence-electron chi connectivity index (χ0n) is 13.6. The number of amides is 1. The molecule has 0 unspecified atom stereocenters. The number of hydrogen-bond donors (Lipinski definition) is 1. The Hall–Kier alpha value is -3.32. The molecule has 4 aromatic rings. The van der Waals surface area contributed by atoms with Crippen LogP contribution in [0.25, 0.3) is 22.0 Å². The molecule has 0 fully saturated rings.